The highest BCUT2D eigenvalue weighted by Gasteiger charge is 2.29. The monoisotopic (exact) mass is 784 g/mol. The van der Waals surface area contributed by atoms with E-state index in [1.165, 1.54) is 0 Å². The molecule has 1 heterocycles. The number of aryl methyl sites for hydroxylation is 3. The number of phenols is 3. The predicted molar refractivity (Wildman–Crippen MR) is 233 cm³/mol. The average Bonchev–Trinajstić information content (AvgIpc) is 3.12. The Bertz CT molecular complexity index is 2050. The zero-order valence-electron chi connectivity index (χ0n) is 37.5. The van der Waals surface area contributed by atoms with E-state index in [1.54, 1.807) is 0 Å². The number of hydrogen-bond donors (Lipinski definition) is 3. The van der Waals surface area contributed by atoms with Crippen LogP contribution in [0.25, 0.3) is 0 Å². The van der Waals surface area contributed by atoms with Crippen molar-refractivity contribution in [1.82, 2.24) is 13.7 Å². The lowest BCUT2D eigenvalue weighted by Crippen LogP contribution is -2.55. The van der Waals surface area contributed by atoms with Crippen molar-refractivity contribution in [2.24, 2.45) is 0 Å². The van der Waals surface area contributed by atoms with E-state index in [1.807, 2.05) is 122 Å². The summed E-state index contributed by atoms with van der Waals surface area (Å²) in [4.78, 5) is 44.5. The third-order valence-corrected chi connectivity index (χ3v) is 11.8. The molecule has 4 rings (SSSR count). The maximum atomic E-state index is 14.8. The van der Waals surface area contributed by atoms with E-state index in [0.29, 0.717) is 71.9 Å². The second-order valence-corrected chi connectivity index (χ2v) is 18.6. The van der Waals surface area contributed by atoms with Crippen LogP contribution in [0.5, 0.6) is 17.2 Å². The standard InChI is InChI=1S/C48H69N3O6/c1-16-28-22-37(46(7,8)9)40(52)31(19-4)34(28)25-49-43(55)50(26-35-29(17-2)23-38(47(10,11)12)41(53)32(35)20-5)45(57)51(44(49)56)27-36-30(18-3)24-39(48(13,14)15)42(54)33(36)21-6/h22-24,52-54H,16-21,25-27H2,1-15H3. The second-order valence-electron chi connectivity index (χ2n) is 18.6. The zero-order valence-corrected chi connectivity index (χ0v) is 37.5. The van der Waals surface area contributed by atoms with Crippen molar-refractivity contribution >= 4 is 0 Å². The smallest absolute Gasteiger partial charge is 0.336 e. The molecular formula is C48H69N3O6. The minimum Gasteiger partial charge on any atom is -0.507 e. The molecule has 9 heteroatoms. The molecule has 0 amide bonds. The largest absolute Gasteiger partial charge is 0.507 e. The van der Waals surface area contributed by atoms with E-state index in [-0.39, 0.29) is 53.1 Å². The van der Waals surface area contributed by atoms with Gasteiger partial charge in [-0.25, -0.2) is 28.1 Å². The number of rotatable bonds is 12. The van der Waals surface area contributed by atoms with Gasteiger partial charge in [-0.1, -0.05) is 122 Å². The van der Waals surface area contributed by atoms with Crippen LogP contribution in [-0.2, 0) is 74.4 Å². The Morgan fingerprint density at radius 1 is 0.386 bits per heavy atom. The third kappa shape index (κ3) is 8.54. The Morgan fingerprint density at radius 3 is 0.754 bits per heavy atom. The van der Waals surface area contributed by atoms with Gasteiger partial charge in [0.15, 0.2) is 0 Å². The number of nitrogens with zero attached hydrogens (tertiary/aromatic N) is 3. The molecule has 0 bridgehead atoms. The first-order valence-corrected chi connectivity index (χ1v) is 21.0. The van der Waals surface area contributed by atoms with E-state index in [9.17, 15) is 29.7 Å². The molecule has 312 valence electrons. The van der Waals surface area contributed by atoms with Crippen LogP contribution in [-0.4, -0.2) is 29.0 Å². The lowest BCUT2D eigenvalue weighted by molar-refractivity contribution is 0.435. The Morgan fingerprint density at radius 2 is 0.596 bits per heavy atom. The Labute approximate surface area is 340 Å². The highest BCUT2D eigenvalue weighted by Crippen LogP contribution is 2.40. The summed E-state index contributed by atoms with van der Waals surface area (Å²) in [5.74, 6) is 0.467. The van der Waals surface area contributed by atoms with Crippen LogP contribution in [0.2, 0.25) is 0 Å². The molecule has 0 radical (unpaired) electrons. The third-order valence-electron chi connectivity index (χ3n) is 11.8. The molecule has 0 aliphatic heterocycles. The summed E-state index contributed by atoms with van der Waals surface area (Å²) in [6.07, 6.45) is 3.22. The molecule has 1 aromatic heterocycles. The molecule has 0 saturated carbocycles. The van der Waals surface area contributed by atoms with E-state index in [2.05, 4.69) is 0 Å². The number of aromatic hydroxyl groups is 3. The normalized spacial score (nSPS) is 12.5. The lowest BCUT2D eigenvalue weighted by atomic mass is 9.81. The maximum Gasteiger partial charge on any atom is 0.336 e. The molecular weight excluding hydrogens is 715 g/mol. The van der Waals surface area contributed by atoms with Crippen molar-refractivity contribution in [3.8, 4) is 17.2 Å². The molecule has 4 aromatic rings. The summed E-state index contributed by atoms with van der Waals surface area (Å²) in [5.41, 5.74) is 5.88. The fourth-order valence-corrected chi connectivity index (χ4v) is 8.44. The molecule has 0 fully saturated rings. The highest BCUT2D eigenvalue weighted by atomic mass is 16.3. The quantitative estimate of drug-likeness (QED) is 0.132. The molecule has 0 spiro atoms. The van der Waals surface area contributed by atoms with Gasteiger partial charge < -0.3 is 15.3 Å². The van der Waals surface area contributed by atoms with Crippen molar-refractivity contribution in [3.05, 3.63) is 116 Å². The van der Waals surface area contributed by atoms with Crippen LogP contribution in [0.3, 0.4) is 0 Å². The molecule has 0 aliphatic rings. The molecule has 0 atom stereocenters. The summed E-state index contributed by atoms with van der Waals surface area (Å²) in [5, 5.41) is 35.0. The molecule has 0 aliphatic carbocycles. The summed E-state index contributed by atoms with van der Waals surface area (Å²) in [6.45, 7) is 29.8. The summed E-state index contributed by atoms with van der Waals surface area (Å²) >= 11 is 0. The molecule has 9 nitrogen and oxygen atoms in total. The maximum absolute atomic E-state index is 14.8. The lowest BCUT2D eigenvalue weighted by Gasteiger charge is -2.27. The van der Waals surface area contributed by atoms with Crippen LogP contribution < -0.4 is 17.1 Å². The average molecular weight is 784 g/mol. The molecule has 57 heavy (non-hydrogen) atoms. The zero-order chi connectivity index (χ0) is 43.1. The van der Waals surface area contributed by atoms with Crippen LogP contribution in [0.4, 0.5) is 0 Å². The minimum absolute atomic E-state index is 0.146. The van der Waals surface area contributed by atoms with Gasteiger partial charge in [-0.3, -0.25) is 0 Å². The fraction of sp³-hybridized carbons (Fsp3) is 0.562. The van der Waals surface area contributed by atoms with E-state index in [4.69, 9.17) is 0 Å². The van der Waals surface area contributed by atoms with Crippen molar-refractivity contribution in [2.45, 2.75) is 178 Å². The first kappa shape index (κ1) is 45.2. The molecule has 0 unspecified atom stereocenters. The fourth-order valence-electron chi connectivity index (χ4n) is 8.44. The predicted octanol–water partition coefficient (Wildman–Crippen LogP) is 8.70. The van der Waals surface area contributed by atoms with Gasteiger partial charge in [0.2, 0.25) is 0 Å². The van der Waals surface area contributed by atoms with Gasteiger partial charge in [0.1, 0.15) is 17.2 Å². The second kappa shape index (κ2) is 16.8. The molecule has 0 saturated heterocycles. The minimum atomic E-state index is -0.759. The Kier molecular flexibility index (Phi) is 13.3. The first-order chi connectivity index (χ1) is 26.4. The van der Waals surface area contributed by atoms with Crippen LogP contribution in [0.1, 0.15) is 171 Å². The van der Waals surface area contributed by atoms with Crippen LogP contribution in [0.15, 0.2) is 32.6 Å². The van der Waals surface area contributed by atoms with Crippen molar-refractivity contribution in [2.75, 3.05) is 0 Å². The Balaban J connectivity index is 2.16. The van der Waals surface area contributed by atoms with E-state index >= 15 is 0 Å². The van der Waals surface area contributed by atoms with Gasteiger partial charge in [0.25, 0.3) is 0 Å². The van der Waals surface area contributed by atoms with Crippen molar-refractivity contribution in [3.63, 3.8) is 0 Å². The highest BCUT2D eigenvalue weighted by molar-refractivity contribution is 5.55. The van der Waals surface area contributed by atoms with Crippen LogP contribution in [0, 0.1) is 0 Å². The van der Waals surface area contributed by atoms with Gasteiger partial charge in [0.05, 0.1) is 19.6 Å². The summed E-state index contributed by atoms with van der Waals surface area (Å²) in [7, 11) is 0. The van der Waals surface area contributed by atoms with E-state index < -0.39 is 17.1 Å². The van der Waals surface area contributed by atoms with E-state index in [0.717, 1.165) is 47.1 Å². The number of phenolic OH excluding ortho intramolecular Hbond substituents is 3. The topological polar surface area (TPSA) is 127 Å². The number of benzene rings is 3. The van der Waals surface area contributed by atoms with Gasteiger partial charge >= 0.3 is 17.1 Å². The van der Waals surface area contributed by atoms with Gasteiger partial charge in [-0.15, -0.1) is 0 Å². The first-order valence-electron chi connectivity index (χ1n) is 21.0. The number of aromatic nitrogens is 3. The number of hydrogen-bond acceptors (Lipinski definition) is 6. The van der Waals surface area contributed by atoms with Gasteiger partial charge in [0, 0.05) is 0 Å². The SMILES string of the molecule is CCc1cc(C(C)(C)C)c(O)c(CC)c1Cn1c(=O)n(Cc2c(CC)cc(C(C)(C)C)c(O)c2CC)c(=O)n(Cc2c(CC)cc(C(C)(C)C)c(O)c2CC)c1=O. The summed E-state index contributed by atoms with van der Waals surface area (Å²) in [6, 6.07) is 5.93. The molecule has 3 aromatic carbocycles. The molecule has 3 N–H and O–H groups in total. The van der Waals surface area contributed by atoms with Gasteiger partial charge in [-0.2, -0.15) is 0 Å². The summed E-state index contributed by atoms with van der Waals surface area (Å²) < 4.78 is 3.39. The Hall–Kier alpha value is -4.53. The van der Waals surface area contributed by atoms with Crippen molar-refractivity contribution < 1.29 is 15.3 Å². The van der Waals surface area contributed by atoms with Crippen LogP contribution >= 0.6 is 0 Å². The van der Waals surface area contributed by atoms with Gasteiger partial charge in [-0.05, 0) is 122 Å². The van der Waals surface area contributed by atoms with Crippen molar-refractivity contribution in [1.29, 1.82) is 0 Å².